The topological polar surface area (TPSA) is 86.7 Å². The zero-order valence-corrected chi connectivity index (χ0v) is 8.95. The number of imide groups is 1. The molecule has 1 atom stereocenters. The van der Waals surface area contributed by atoms with Crippen molar-refractivity contribution in [1.29, 1.82) is 0 Å². The van der Waals surface area contributed by atoms with Gasteiger partial charge in [-0.3, -0.25) is 9.59 Å². The van der Waals surface area contributed by atoms with Crippen LogP contribution in [0.4, 0.5) is 0 Å². The SMILES string of the molecule is Cc1ccc2c(c1)C(=O)N(OS(=O)[O-])C2=O. The van der Waals surface area contributed by atoms with E-state index >= 15 is 0 Å². The smallest absolute Gasteiger partial charge is 0.286 e. The molecule has 1 aliphatic rings. The van der Waals surface area contributed by atoms with Crippen LogP contribution in [0.5, 0.6) is 0 Å². The molecule has 0 aliphatic carbocycles. The molecule has 0 spiro atoms. The van der Waals surface area contributed by atoms with E-state index in [1.807, 2.05) is 0 Å². The Hall–Kier alpha value is -1.57. The molecular weight excluding hydrogens is 234 g/mol. The van der Waals surface area contributed by atoms with E-state index < -0.39 is 23.2 Å². The van der Waals surface area contributed by atoms with Gasteiger partial charge >= 0.3 is 0 Å². The molecule has 1 aromatic rings. The molecule has 0 saturated carbocycles. The lowest BCUT2D eigenvalue weighted by molar-refractivity contribution is -0.0118. The number of aryl methyl sites for hydroxylation is 1. The van der Waals surface area contributed by atoms with Crippen molar-refractivity contribution in [2.24, 2.45) is 0 Å². The largest absolute Gasteiger partial charge is 0.748 e. The van der Waals surface area contributed by atoms with Gasteiger partial charge in [-0.15, -0.1) is 5.06 Å². The van der Waals surface area contributed by atoms with Gasteiger partial charge in [0.2, 0.25) is 0 Å². The monoisotopic (exact) mass is 240 g/mol. The lowest BCUT2D eigenvalue weighted by Crippen LogP contribution is -2.30. The van der Waals surface area contributed by atoms with E-state index in [4.69, 9.17) is 0 Å². The van der Waals surface area contributed by atoms with Crippen LogP contribution in [-0.2, 0) is 15.6 Å². The van der Waals surface area contributed by atoms with Crippen LogP contribution in [0.1, 0.15) is 26.3 Å². The van der Waals surface area contributed by atoms with Gasteiger partial charge in [0.05, 0.1) is 11.1 Å². The van der Waals surface area contributed by atoms with Crippen LogP contribution in [0.15, 0.2) is 18.2 Å². The van der Waals surface area contributed by atoms with Crippen molar-refractivity contribution in [3.05, 3.63) is 34.9 Å². The summed E-state index contributed by atoms with van der Waals surface area (Å²) in [6.45, 7) is 1.76. The Morgan fingerprint density at radius 1 is 1.25 bits per heavy atom. The van der Waals surface area contributed by atoms with Crippen molar-refractivity contribution >= 4 is 23.2 Å². The summed E-state index contributed by atoms with van der Waals surface area (Å²) < 4.78 is 24.7. The molecule has 1 heterocycles. The Labute approximate surface area is 93.3 Å². The number of hydroxylamine groups is 2. The summed E-state index contributed by atoms with van der Waals surface area (Å²) in [5.74, 6) is -1.54. The van der Waals surface area contributed by atoms with Crippen molar-refractivity contribution in [3.8, 4) is 0 Å². The molecule has 16 heavy (non-hydrogen) atoms. The maximum atomic E-state index is 11.6. The van der Waals surface area contributed by atoms with Crippen LogP contribution < -0.4 is 0 Å². The highest BCUT2D eigenvalue weighted by Crippen LogP contribution is 2.24. The molecule has 0 saturated heterocycles. The van der Waals surface area contributed by atoms with Gasteiger partial charge in [-0.25, -0.2) is 4.21 Å². The van der Waals surface area contributed by atoms with Crippen LogP contribution in [0.2, 0.25) is 0 Å². The van der Waals surface area contributed by atoms with Crippen molar-refractivity contribution in [3.63, 3.8) is 0 Å². The average Bonchev–Trinajstić information content (AvgIpc) is 2.43. The fourth-order valence-corrected chi connectivity index (χ4v) is 1.72. The molecule has 6 nitrogen and oxygen atoms in total. The van der Waals surface area contributed by atoms with E-state index in [-0.39, 0.29) is 16.2 Å². The summed E-state index contributed by atoms with van der Waals surface area (Å²) >= 11 is -2.96. The molecule has 1 unspecified atom stereocenters. The minimum Gasteiger partial charge on any atom is -0.748 e. The van der Waals surface area contributed by atoms with E-state index in [0.717, 1.165) is 5.56 Å². The van der Waals surface area contributed by atoms with Crippen LogP contribution in [0.3, 0.4) is 0 Å². The molecule has 2 amide bonds. The third-order valence-corrected chi connectivity index (χ3v) is 2.41. The Morgan fingerprint density at radius 3 is 2.50 bits per heavy atom. The second-order valence-electron chi connectivity index (χ2n) is 3.23. The Kier molecular flexibility index (Phi) is 2.58. The van der Waals surface area contributed by atoms with E-state index in [2.05, 4.69) is 4.28 Å². The van der Waals surface area contributed by atoms with E-state index in [9.17, 15) is 18.4 Å². The third-order valence-electron chi connectivity index (χ3n) is 2.14. The molecule has 0 fully saturated rings. The quantitative estimate of drug-likeness (QED) is 0.548. The van der Waals surface area contributed by atoms with Crippen molar-refractivity contribution in [1.82, 2.24) is 5.06 Å². The average molecular weight is 240 g/mol. The molecule has 0 radical (unpaired) electrons. The number of hydrogen-bond acceptors (Lipinski definition) is 5. The molecule has 1 aliphatic heterocycles. The summed E-state index contributed by atoms with van der Waals surface area (Å²) in [5, 5.41) is 0.229. The minimum atomic E-state index is -2.96. The standard InChI is InChI=1S/C9H7NO5S/c1-5-2-3-6-7(4-5)9(12)10(8(6)11)15-16(13)14/h2-4H,1H3,(H,13,14)/p-1. The number of nitrogens with zero attached hydrogens (tertiary/aromatic N) is 1. The predicted octanol–water partition coefficient (Wildman–Crippen LogP) is 0.317. The Morgan fingerprint density at radius 2 is 1.88 bits per heavy atom. The highest BCUT2D eigenvalue weighted by molar-refractivity contribution is 7.74. The predicted molar refractivity (Wildman–Crippen MR) is 51.7 cm³/mol. The first-order valence-electron chi connectivity index (χ1n) is 4.28. The van der Waals surface area contributed by atoms with Crippen molar-refractivity contribution in [2.75, 3.05) is 0 Å². The fourth-order valence-electron chi connectivity index (χ4n) is 1.46. The van der Waals surface area contributed by atoms with Crippen LogP contribution in [0.25, 0.3) is 0 Å². The van der Waals surface area contributed by atoms with Crippen LogP contribution >= 0.6 is 0 Å². The number of hydrogen-bond donors (Lipinski definition) is 0. The summed E-state index contributed by atoms with van der Waals surface area (Å²) in [5.41, 5.74) is 1.08. The molecular formula is C9H6NO5S-. The summed E-state index contributed by atoms with van der Waals surface area (Å²) in [7, 11) is 0. The number of fused-ring (bicyclic) bond motifs is 1. The lowest BCUT2D eigenvalue weighted by Gasteiger charge is -2.13. The highest BCUT2D eigenvalue weighted by Gasteiger charge is 2.37. The zero-order chi connectivity index (χ0) is 11.9. The van der Waals surface area contributed by atoms with Gasteiger partial charge in [-0.2, -0.15) is 4.28 Å². The lowest BCUT2D eigenvalue weighted by atomic mass is 10.1. The fraction of sp³-hybridized carbons (Fsp3) is 0.111. The number of benzene rings is 1. The molecule has 7 heteroatoms. The first-order chi connectivity index (χ1) is 7.50. The molecule has 84 valence electrons. The number of carbonyl (C=O) groups excluding carboxylic acids is 2. The summed E-state index contributed by atoms with van der Waals surface area (Å²) in [6.07, 6.45) is 0. The first kappa shape index (κ1) is 10.9. The van der Waals surface area contributed by atoms with Crippen LogP contribution in [-0.4, -0.2) is 25.6 Å². The Bertz CT molecular complexity index is 513. The van der Waals surface area contributed by atoms with Crippen molar-refractivity contribution in [2.45, 2.75) is 6.92 Å². The normalized spacial score (nSPS) is 16.5. The van der Waals surface area contributed by atoms with Crippen LogP contribution in [0, 0.1) is 6.92 Å². The minimum absolute atomic E-state index is 0.140. The molecule has 0 aromatic heterocycles. The molecule has 0 N–H and O–H groups in total. The summed E-state index contributed by atoms with van der Waals surface area (Å²) in [6, 6.07) is 4.62. The van der Waals surface area contributed by atoms with E-state index in [1.54, 1.807) is 13.0 Å². The third kappa shape index (κ3) is 1.64. The van der Waals surface area contributed by atoms with Gasteiger partial charge < -0.3 is 4.55 Å². The van der Waals surface area contributed by atoms with Gasteiger partial charge in [0.15, 0.2) is 0 Å². The second kappa shape index (κ2) is 3.78. The van der Waals surface area contributed by atoms with Gasteiger partial charge in [0.25, 0.3) is 11.8 Å². The van der Waals surface area contributed by atoms with Gasteiger partial charge in [0.1, 0.15) is 11.4 Å². The summed E-state index contributed by atoms with van der Waals surface area (Å²) in [4.78, 5) is 23.2. The number of rotatable bonds is 2. The molecule has 1 aromatic carbocycles. The first-order valence-corrected chi connectivity index (χ1v) is 5.28. The second-order valence-corrected chi connectivity index (χ2v) is 3.79. The van der Waals surface area contributed by atoms with E-state index in [1.165, 1.54) is 12.1 Å². The Balaban J connectivity index is 2.44. The van der Waals surface area contributed by atoms with Gasteiger partial charge in [-0.05, 0) is 19.1 Å². The maximum absolute atomic E-state index is 11.6. The van der Waals surface area contributed by atoms with E-state index in [0.29, 0.717) is 0 Å². The van der Waals surface area contributed by atoms with Gasteiger partial charge in [-0.1, -0.05) is 11.6 Å². The highest BCUT2D eigenvalue weighted by atomic mass is 32.2. The van der Waals surface area contributed by atoms with Crippen molar-refractivity contribution < 1.29 is 22.6 Å². The zero-order valence-electron chi connectivity index (χ0n) is 8.13. The number of carbonyl (C=O) groups is 2. The molecule has 2 rings (SSSR count). The maximum Gasteiger partial charge on any atom is 0.286 e. The van der Waals surface area contributed by atoms with Gasteiger partial charge in [0, 0.05) is 0 Å². The number of amides is 2. The molecule has 0 bridgehead atoms.